The molecular weight excluding hydrogens is 310 g/mol. The van der Waals surface area contributed by atoms with E-state index in [0.29, 0.717) is 36.1 Å². The first-order chi connectivity index (χ1) is 11.5. The summed E-state index contributed by atoms with van der Waals surface area (Å²) in [5, 5.41) is 2.85. The maximum Gasteiger partial charge on any atom is 0.337 e. The Balaban J connectivity index is 2.02. The SMILES string of the molecule is COC(=O)c1ccc(NC(=O)N2CCN(C(C)C)CC2)c(OC)c1. The van der Waals surface area contributed by atoms with Crippen LogP contribution in [0.4, 0.5) is 10.5 Å². The van der Waals surface area contributed by atoms with Gasteiger partial charge in [-0.2, -0.15) is 0 Å². The number of urea groups is 1. The highest BCUT2D eigenvalue weighted by molar-refractivity contribution is 5.94. The molecule has 0 atom stereocenters. The molecule has 0 aromatic heterocycles. The number of ether oxygens (including phenoxy) is 2. The zero-order valence-electron chi connectivity index (χ0n) is 14.7. The van der Waals surface area contributed by atoms with Gasteiger partial charge in [0.15, 0.2) is 0 Å². The molecule has 0 bridgehead atoms. The quantitative estimate of drug-likeness (QED) is 0.853. The van der Waals surface area contributed by atoms with Crippen LogP contribution in [0.1, 0.15) is 24.2 Å². The molecule has 1 aromatic rings. The van der Waals surface area contributed by atoms with Gasteiger partial charge >= 0.3 is 12.0 Å². The van der Waals surface area contributed by atoms with Gasteiger partial charge in [0.2, 0.25) is 0 Å². The van der Waals surface area contributed by atoms with Crippen LogP contribution in [0.5, 0.6) is 5.75 Å². The monoisotopic (exact) mass is 335 g/mol. The highest BCUT2D eigenvalue weighted by Gasteiger charge is 2.23. The first kappa shape index (κ1) is 18.1. The van der Waals surface area contributed by atoms with Crippen LogP contribution >= 0.6 is 0 Å². The molecule has 7 nitrogen and oxygen atoms in total. The molecule has 1 aromatic carbocycles. The maximum atomic E-state index is 12.4. The van der Waals surface area contributed by atoms with Gasteiger partial charge in [0.05, 0.1) is 25.5 Å². The lowest BCUT2D eigenvalue weighted by molar-refractivity contribution is 0.0600. The summed E-state index contributed by atoms with van der Waals surface area (Å²) >= 11 is 0. The van der Waals surface area contributed by atoms with Crippen molar-refractivity contribution in [1.29, 1.82) is 0 Å². The van der Waals surface area contributed by atoms with Crippen molar-refractivity contribution in [2.45, 2.75) is 19.9 Å². The topological polar surface area (TPSA) is 71.1 Å². The Morgan fingerprint density at radius 1 is 1.12 bits per heavy atom. The molecule has 2 amide bonds. The van der Waals surface area contributed by atoms with Crippen molar-refractivity contribution >= 4 is 17.7 Å². The number of rotatable bonds is 4. The zero-order valence-corrected chi connectivity index (χ0v) is 14.7. The van der Waals surface area contributed by atoms with Crippen molar-refractivity contribution in [2.75, 3.05) is 45.7 Å². The standard InChI is InChI=1S/C17H25N3O4/c1-12(2)19-7-9-20(10-8-19)17(22)18-14-6-5-13(16(21)24-4)11-15(14)23-3/h5-6,11-12H,7-10H2,1-4H3,(H,18,22). The molecule has 1 saturated heterocycles. The fraction of sp³-hybridized carbons (Fsp3) is 0.529. The third-order valence-electron chi connectivity index (χ3n) is 4.20. The van der Waals surface area contributed by atoms with Crippen molar-refractivity contribution in [2.24, 2.45) is 0 Å². The lowest BCUT2D eigenvalue weighted by atomic mass is 10.2. The largest absolute Gasteiger partial charge is 0.495 e. The summed E-state index contributed by atoms with van der Waals surface area (Å²) in [6.45, 7) is 7.42. The third-order valence-corrected chi connectivity index (χ3v) is 4.20. The van der Waals surface area contributed by atoms with Crippen LogP contribution in [0.2, 0.25) is 0 Å². The van der Waals surface area contributed by atoms with E-state index in [4.69, 9.17) is 4.74 Å². The number of nitrogens with one attached hydrogen (secondary N) is 1. The second-order valence-electron chi connectivity index (χ2n) is 5.95. The molecule has 2 rings (SSSR count). The minimum Gasteiger partial charge on any atom is -0.495 e. The smallest absolute Gasteiger partial charge is 0.337 e. The number of hydrogen-bond acceptors (Lipinski definition) is 5. The number of carbonyl (C=O) groups excluding carboxylic acids is 2. The van der Waals surface area contributed by atoms with Crippen molar-refractivity contribution < 1.29 is 19.1 Å². The summed E-state index contributed by atoms with van der Waals surface area (Å²) in [5.74, 6) is -0.0250. The number of methoxy groups -OCH3 is 2. The summed E-state index contributed by atoms with van der Waals surface area (Å²) < 4.78 is 9.95. The van der Waals surface area contributed by atoms with Gasteiger partial charge in [0.1, 0.15) is 5.75 Å². The molecule has 24 heavy (non-hydrogen) atoms. The van der Waals surface area contributed by atoms with E-state index in [1.165, 1.54) is 14.2 Å². The minimum absolute atomic E-state index is 0.164. The molecule has 1 aliphatic rings. The number of nitrogens with zero attached hydrogens (tertiary/aromatic N) is 2. The van der Waals surface area contributed by atoms with Crippen LogP contribution in [0, 0.1) is 0 Å². The number of carbonyl (C=O) groups is 2. The Hall–Kier alpha value is -2.28. The van der Waals surface area contributed by atoms with Crippen LogP contribution in [0.15, 0.2) is 18.2 Å². The molecule has 1 N–H and O–H groups in total. The van der Waals surface area contributed by atoms with Crippen molar-refractivity contribution in [3.05, 3.63) is 23.8 Å². The summed E-state index contributed by atoms with van der Waals surface area (Å²) in [6.07, 6.45) is 0. The molecule has 0 aliphatic carbocycles. The average molecular weight is 335 g/mol. The Kier molecular flexibility index (Phi) is 6.03. The Morgan fingerprint density at radius 3 is 2.33 bits per heavy atom. The van der Waals surface area contributed by atoms with Gasteiger partial charge in [0.25, 0.3) is 0 Å². The molecule has 132 valence electrons. The van der Waals surface area contributed by atoms with Crippen molar-refractivity contribution in [3.63, 3.8) is 0 Å². The molecular formula is C17H25N3O4. The van der Waals surface area contributed by atoms with E-state index in [0.717, 1.165) is 13.1 Å². The van der Waals surface area contributed by atoms with Gasteiger partial charge in [-0.05, 0) is 32.0 Å². The van der Waals surface area contributed by atoms with Gasteiger partial charge < -0.3 is 19.7 Å². The van der Waals surface area contributed by atoms with Gasteiger partial charge in [-0.1, -0.05) is 0 Å². The Bertz CT molecular complexity index is 595. The molecule has 0 unspecified atom stereocenters. The van der Waals surface area contributed by atoms with E-state index in [9.17, 15) is 9.59 Å². The van der Waals surface area contributed by atoms with Crippen LogP contribution in [0.3, 0.4) is 0 Å². The molecule has 1 aliphatic heterocycles. The molecule has 0 saturated carbocycles. The highest BCUT2D eigenvalue weighted by atomic mass is 16.5. The molecule has 0 radical (unpaired) electrons. The summed E-state index contributed by atoms with van der Waals surface area (Å²) in [4.78, 5) is 28.1. The fourth-order valence-electron chi connectivity index (χ4n) is 2.67. The predicted molar refractivity (Wildman–Crippen MR) is 91.6 cm³/mol. The van der Waals surface area contributed by atoms with Gasteiger partial charge in [0, 0.05) is 32.2 Å². The molecule has 7 heteroatoms. The third kappa shape index (κ3) is 4.17. The van der Waals surface area contributed by atoms with Crippen molar-refractivity contribution in [1.82, 2.24) is 9.80 Å². The van der Waals surface area contributed by atoms with Gasteiger partial charge in [-0.15, -0.1) is 0 Å². The first-order valence-electron chi connectivity index (χ1n) is 8.02. The number of amides is 2. The first-order valence-corrected chi connectivity index (χ1v) is 8.02. The van der Waals surface area contributed by atoms with Crippen LogP contribution in [-0.4, -0.2) is 68.2 Å². The minimum atomic E-state index is -0.448. The highest BCUT2D eigenvalue weighted by Crippen LogP contribution is 2.26. The number of esters is 1. The van der Waals surface area contributed by atoms with Crippen LogP contribution in [0.25, 0.3) is 0 Å². The fourth-order valence-corrected chi connectivity index (χ4v) is 2.67. The molecule has 0 spiro atoms. The van der Waals surface area contributed by atoms with E-state index in [-0.39, 0.29) is 6.03 Å². The Morgan fingerprint density at radius 2 is 1.79 bits per heavy atom. The normalized spacial score (nSPS) is 15.3. The summed E-state index contributed by atoms with van der Waals surface area (Å²) in [5.41, 5.74) is 0.902. The molecule has 1 fully saturated rings. The lowest BCUT2D eigenvalue weighted by Crippen LogP contribution is -2.51. The molecule has 1 heterocycles. The van der Waals surface area contributed by atoms with Crippen LogP contribution in [-0.2, 0) is 4.74 Å². The predicted octanol–water partition coefficient (Wildman–Crippen LogP) is 2.04. The zero-order chi connectivity index (χ0) is 17.7. The lowest BCUT2D eigenvalue weighted by Gasteiger charge is -2.36. The van der Waals surface area contributed by atoms with Gasteiger partial charge in [-0.3, -0.25) is 4.90 Å². The summed E-state index contributed by atoms with van der Waals surface area (Å²) in [7, 11) is 2.81. The summed E-state index contributed by atoms with van der Waals surface area (Å²) in [6, 6.07) is 5.12. The van der Waals surface area contributed by atoms with E-state index in [1.54, 1.807) is 23.1 Å². The number of hydrogen-bond donors (Lipinski definition) is 1. The Labute approximate surface area is 142 Å². The van der Waals surface area contributed by atoms with E-state index in [1.807, 2.05) is 0 Å². The average Bonchev–Trinajstić information content (AvgIpc) is 2.61. The maximum absolute atomic E-state index is 12.4. The van der Waals surface area contributed by atoms with E-state index >= 15 is 0 Å². The second-order valence-corrected chi connectivity index (χ2v) is 5.95. The van der Waals surface area contributed by atoms with Gasteiger partial charge in [-0.25, -0.2) is 9.59 Å². The second kappa shape index (κ2) is 8.01. The van der Waals surface area contributed by atoms with E-state index < -0.39 is 5.97 Å². The number of piperazine rings is 1. The van der Waals surface area contributed by atoms with Crippen LogP contribution < -0.4 is 10.1 Å². The number of anilines is 1. The van der Waals surface area contributed by atoms with E-state index in [2.05, 4.69) is 28.8 Å². The number of benzene rings is 1. The van der Waals surface area contributed by atoms with Crippen molar-refractivity contribution in [3.8, 4) is 5.75 Å².